The van der Waals surface area contributed by atoms with Crippen molar-refractivity contribution >= 4 is 51.5 Å². The van der Waals surface area contributed by atoms with Gasteiger partial charge < -0.3 is 9.88 Å². The van der Waals surface area contributed by atoms with Crippen LogP contribution in [0.3, 0.4) is 0 Å². The number of aryl methyl sites for hydroxylation is 2. The molecule has 0 bridgehead atoms. The van der Waals surface area contributed by atoms with Gasteiger partial charge in [-0.1, -0.05) is 35.3 Å². The number of halogens is 2. The molecule has 31 heavy (non-hydrogen) atoms. The van der Waals surface area contributed by atoms with Crippen LogP contribution in [0.25, 0.3) is 21.5 Å². The normalized spacial score (nSPS) is 16.4. The Morgan fingerprint density at radius 3 is 2.84 bits per heavy atom. The van der Waals surface area contributed by atoms with Crippen LogP contribution in [0.4, 0.5) is 0 Å². The number of likely N-dealkylation sites (tertiary alicyclic amines) is 1. The van der Waals surface area contributed by atoms with Crippen molar-refractivity contribution in [3.8, 4) is 10.4 Å². The minimum atomic E-state index is -0.117. The number of thiazole rings is 1. The van der Waals surface area contributed by atoms with E-state index in [2.05, 4.69) is 9.97 Å². The Morgan fingerprint density at radius 2 is 2.03 bits per heavy atom. The molecule has 0 radical (unpaired) electrons. The predicted molar refractivity (Wildman–Crippen MR) is 126 cm³/mol. The number of nitrogens with zero attached hydrogens (tertiary/aromatic N) is 3. The Labute approximate surface area is 194 Å². The average molecular weight is 471 g/mol. The number of benzene rings is 2. The van der Waals surface area contributed by atoms with Gasteiger partial charge in [0.15, 0.2) is 0 Å². The summed E-state index contributed by atoms with van der Waals surface area (Å²) in [5.41, 5.74) is 4.12. The maximum Gasteiger partial charge on any atom is 0.274 e. The highest BCUT2D eigenvalue weighted by atomic mass is 35.5. The number of H-pyrrole nitrogens is 1. The number of hydrogen-bond donors (Lipinski definition) is 1. The molecule has 158 valence electrons. The second-order valence-electron chi connectivity index (χ2n) is 7.82. The van der Waals surface area contributed by atoms with Crippen molar-refractivity contribution in [2.45, 2.75) is 32.7 Å². The van der Waals surface area contributed by atoms with E-state index in [0.29, 0.717) is 22.3 Å². The number of aromatic amines is 1. The maximum absolute atomic E-state index is 13.6. The molecule has 1 atom stereocenters. The summed E-state index contributed by atoms with van der Waals surface area (Å²) in [5, 5.41) is 2.18. The molecule has 5 nitrogen and oxygen atoms in total. The molecule has 1 fully saturated rings. The molecule has 0 saturated carbocycles. The van der Waals surface area contributed by atoms with Crippen molar-refractivity contribution in [3.05, 3.63) is 68.5 Å². The van der Waals surface area contributed by atoms with Gasteiger partial charge in [0.2, 0.25) is 0 Å². The Bertz CT molecular complexity index is 1270. The van der Waals surface area contributed by atoms with E-state index in [9.17, 15) is 4.79 Å². The molecule has 1 unspecified atom stereocenters. The SMILES string of the molecule is Cc1nc(C(=O)N2CCCC2c2nc3cc(Cl)c(C)cc3[nH]2)c(-c2cccc(Cl)c2)s1. The Kier molecular flexibility index (Phi) is 5.24. The summed E-state index contributed by atoms with van der Waals surface area (Å²) in [4.78, 5) is 29.1. The van der Waals surface area contributed by atoms with Crippen LogP contribution < -0.4 is 0 Å². The first kappa shape index (κ1) is 20.5. The van der Waals surface area contributed by atoms with Crippen LogP contribution in [0.15, 0.2) is 36.4 Å². The molecular weight excluding hydrogens is 451 g/mol. The van der Waals surface area contributed by atoms with Crippen molar-refractivity contribution in [3.63, 3.8) is 0 Å². The van der Waals surface area contributed by atoms with E-state index in [-0.39, 0.29) is 11.9 Å². The fourth-order valence-electron chi connectivity index (χ4n) is 4.14. The molecule has 8 heteroatoms. The molecule has 0 spiro atoms. The third kappa shape index (κ3) is 3.73. The quantitative estimate of drug-likeness (QED) is 0.367. The first-order valence-electron chi connectivity index (χ1n) is 10.1. The zero-order chi connectivity index (χ0) is 21.7. The van der Waals surface area contributed by atoms with Crippen molar-refractivity contribution in [1.29, 1.82) is 0 Å². The molecule has 1 amide bonds. The van der Waals surface area contributed by atoms with Gasteiger partial charge in [-0.05, 0) is 62.1 Å². The molecule has 5 rings (SSSR count). The lowest BCUT2D eigenvalue weighted by Crippen LogP contribution is -2.31. The summed E-state index contributed by atoms with van der Waals surface area (Å²) in [6.45, 7) is 4.56. The van der Waals surface area contributed by atoms with E-state index in [1.165, 1.54) is 11.3 Å². The van der Waals surface area contributed by atoms with Gasteiger partial charge in [0.05, 0.1) is 27.0 Å². The summed E-state index contributed by atoms with van der Waals surface area (Å²) in [6, 6.07) is 11.3. The number of amides is 1. The third-order valence-electron chi connectivity index (χ3n) is 5.63. The average Bonchev–Trinajstić information content (AvgIpc) is 3.45. The minimum absolute atomic E-state index is 0.0727. The van der Waals surface area contributed by atoms with Gasteiger partial charge in [-0.15, -0.1) is 11.3 Å². The van der Waals surface area contributed by atoms with E-state index in [1.807, 2.05) is 55.1 Å². The van der Waals surface area contributed by atoms with Crippen LogP contribution in [-0.2, 0) is 0 Å². The lowest BCUT2D eigenvalue weighted by atomic mass is 10.1. The number of carbonyl (C=O) groups excluding carboxylic acids is 1. The summed E-state index contributed by atoms with van der Waals surface area (Å²) in [7, 11) is 0. The standard InChI is InChI=1S/C23H20Cl2N4OS/c1-12-9-17-18(11-16(12)25)28-22(27-17)19-7-4-8-29(19)23(30)20-21(31-13(2)26-20)14-5-3-6-15(24)10-14/h3,5-6,9-11,19H,4,7-8H2,1-2H3,(H,27,28). The highest BCUT2D eigenvalue weighted by Crippen LogP contribution is 2.37. The highest BCUT2D eigenvalue weighted by Gasteiger charge is 2.35. The summed E-state index contributed by atoms with van der Waals surface area (Å²) >= 11 is 14.0. The van der Waals surface area contributed by atoms with Crippen molar-refractivity contribution in [2.75, 3.05) is 6.54 Å². The van der Waals surface area contributed by atoms with E-state index in [0.717, 1.165) is 50.7 Å². The van der Waals surface area contributed by atoms with E-state index in [4.69, 9.17) is 28.2 Å². The summed E-state index contributed by atoms with van der Waals surface area (Å²) in [5.74, 6) is 0.718. The number of fused-ring (bicyclic) bond motifs is 1. The van der Waals surface area contributed by atoms with Crippen molar-refractivity contribution in [2.24, 2.45) is 0 Å². The van der Waals surface area contributed by atoms with E-state index < -0.39 is 0 Å². The molecule has 1 saturated heterocycles. The van der Waals surface area contributed by atoms with Gasteiger partial charge in [0.25, 0.3) is 5.91 Å². The van der Waals surface area contributed by atoms with Gasteiger partial charge in [-0.2, -0.15) is 0 Å². The van der Waals surface area contributed by atoms with Gasteiger partial charge in [0.1, 0.15) is 11.5 Å². The second-order valence-corrected chi connectivity index (χ2v) is 9.86. The summed E-state index contributed by atoms with van der Waals surface area (Å²) in [6.07, 6.45) is 1.77. The number of hydrogen-bond acceptors (Lipinski definition) is 4. The topological polar surface area (TPSA) is 61.9 Å². The zero-order valence-electron chi connectivity index (χ0n) is 17.1. The second kappa shape index (κ2) is 7.93. The number of rotatable bonds is 3. The number of aromatic nitrogens is 3. The smallest absolute Gasteiger partial charge is 0.274 e. The van der Waals surface area contributed by atoms with Crippen LogP contribution in [0, 0.1) is 13.8 Å². The number of carbonyl (C=O) groups is 1. The fourth-order valence-corrected chi connectivity index (χ4v) is 5.40. The zero-order valence-corrected chi connectivity index (χ0v) is 19.4. The molecule has 1 aliphatic heterocycles. The lowest BCUT2D eigenvalue weighted by Gasteiger charge is -2.22. The van der Waals surface area contributed by atoms with Crippen LogP contribution in [0.5, 0.6) is 0 Å². The minimum Gasteiger partial charge on any atom is -0.340 e. The van der Waals surface area contributed by atoms with Crippen molar-refractivity contribution < 1.29 is 4.79 Å². The third-order valence-corrected chi connectivity index (χ3v) is 7.30. The largest absolute Gasteiger partial charge is 0.340 e. The Balaban J connectivity index is 1.51. The molecular formula is C23H20Cl2N4OS. The van der Waals surface area contributed by atoms with Crippen LogP contribution in [0.2, 0.25) is 10.0 Å². The molecule has 0 aliphatic carbocycles. The van der Waals surface area contributed by atoms with Gasteiger partial charge >= 0.3 is 0 Å². The first-order valence-corrected chi connectivity index (χ1v) is 11.7. The van der Waals surface area contributed by atoms with Crippen LogP contribution >= 0.6 is 34.5 Å². The number of nitrogens with one attached hydrogen (secondary N) is 1. The lowest BCUT2D eigenvalue weighted by molar-refractivity contribution is 0.0726. The molecule has 2 aromatic heterocycles. The first-order chi connectivity index (χ1) is 14.9. The van der Waals surface area contributed by atoms with Crippen molar-refractivity contribution in [1.82, 2.24) is 19.9 Å². The Hall–Kier alpha value is -2.41. The summed E-state index contributed by atoms with van der Waals surface area (Å²) < 4.78 is 0. The van der Waals surface area contributed by atoms with E-state index >= 15 is 0 Å². The predicted octanol–water partition coefficient (Wildman–Crippen LogP) is 6.59. The Morgan fingerprint density at radius 1 is 1.19 bits per heavy atom. The molecule has 3 heterocycles. The number of imidazole rings is 1. The fraction of sp³-hybridized carbons (Fsp3) is 0.261. The van der Waals surface area contributed by atoms with Gasteiger partial charge in [-0.25, -0.2) is 9.97 Å². The highest BCUT2D eigenvalue weighted by molar-refractivity contribution is 7.15. The van der Waals surface area contributed by atoms with Crippen LogP contribution in [0.1, 0.15) is 45.8 Å². The monoisotopic (exact) mass is 470 g/mol. The molecule has 2 aromatic carbocycles. The molecule has 4 aromatic rings. The maximum atomic E-state index is 13.6. The van der Waals surface area contributed by atoms with Gasteiger partial charge in [0, 0.05) is 16.6 Å². The van der Waals surface area contributed by atoms with E-state index in [1.54, 1.807) is 0 Å². The van der Waals surface area contributed by atoms with Crippen LogP contribution in [-0.4, -0.2) is 32.3 Å². The molecule has 1 aliphatic rings. The molecule has 1 N–H and O–H groups in total. The van der Waals surface area contributed by atoms with Gasteiger partial charge in [-0.3, -0.25) is 4.79 Å².